The predicted molar refractivity (Wildman–Crippen MR) is 87.1 cm³/mol. The number of thiol groups is 1. The lowest BCUT2D eigenvalue weighted by Gasteiger charge is -2.42. The fourth-order valence-electron chi connectivity index (χ4n) is 2.39. The van der Waals surface area contributed by atoms with Gasteiger partial charge < -0.3 is 4.74 Å². The van der Waals surface area contributed by atoms with E-state index in [4.69, 9.17) is 0 Å². The van der Waals surface area contributed by atoms with E-state index < -0.39 is 56.4 Å². The van der Waals surface area contributed by atoms with Gasteiger partial charge in [-0.05, 0) is 18.8 Å². The monoisotopic (exact) mass is 384 g/mol. The van der Waals surface area contributed by atoms with Crippen molar-refractivity contribution in [3.8, 4) is 5.75 Å². The molecule has 0 saturated heterocycles. The molecule has 0 heterocycles. The lowest BCUT2D eigenvalue weighted by molar-refractivity contribution is -0.153. The van der Waals surface area contributed by atoms with Gasteiger partial charge in [-0.3, -0.25) is 4.79 Å². The normalized spacial score (nSPS) is 15.0. The van der Waals surface area contributed by atoms with Crippen LogP contribution < -0.4 is 4.74 Å². The van der Waals surface area contributed by atoms with Crippen molar-refractivity contribution in [2.45, 2.75) is 52.7 Å². The Balaban J connectivity index is 3.41. The second kappa shape index (κ2) is 6.78. The Kier molecular flexibility index (Phi) is 5.89. The summed E-state index contributed by atoms with van der Waals surface area (Å²) in [5.41, 5.74) is -2.05. The van der Waals surface area contributed by atoms with Gasteiger partial charge in [-0.25, -0.2) is 13.2 Å². The third-order valence-electron chi connectivity index (χ3n) is 4.26. The minimum atomic E-state index is -2.31. The minimum absolute atomic E-state index is 0.140. The molecule has 0 bridgehead atoms. The summed E-state index contributed by atoms with van der Waals surface area (Å²) in [5, 5.41) is 0. The van der Waals surface area contributed by atoms with Gasteiger partial charge in [0.25, 0.3) is 0 Å². The molecule has 1 rings (SSSR count). The molecule has 8 heteroatoms. The van der Waals surface area contributed by atoms with E-state index in [0.29, 0.717) is 0 Å². The number of esters is 1. The van der Waals surface area contributed by atoms with Crippen LogP contribution in [0.1, 0.15) is 48.0 Å². The Morgan fingerprint density at radius 3 is 1.52 bits per heavy atom. The maximum Gasteiger partial charge on any atom is 0.317 e. The summed E-state index contributed by atoms with van der Waals surface area (Å²) >= 11 is 4.36. The topological polar surface area (TPSA) is 26.3 Å². The number of benzene rings is 1. The van der Waals surface area contributed by atoms with E-state index >= 15 is 0 Å². The van der Waals surface area contributed by atoms with Crippen LogP contribution in [0.3, 0.4) is 0 Å². The zero-order chi connectivity index (χ0) is 20.0. The van der Waals surface area contributed by atoms with Crippen molar-refractivity contribution < 1.29 is 31.5 Å². The molecular formula is C17H21F5O2S. The molecule has 0 N–H and O–H groups in total. The average Bonchev–Trinajstić information content (AvgIpc) is 2.44. The minimum Gasteiger partial charge on any atom is -0.420 e. The van der Waals surface area contributed by atoms with Crippen LogP contribution in [0.2, 0.25) is 0 Å². The van der Waals surface area contributed by atoms with Gasteiger partial charge >= 0.3 is 5.97 Å². The van der Waals surface area contributed by atoms with Crippen LogP contribution in [0, 0.1) is 39.9 Å². The second-order valence-electron chi connectivity index (χ2n) is 7.86. The molecule has 0 radical (unpaired) electrons. The standard InChI is InChI=1S/C17H21F5O2S/c1-15(2,3)17(6,7-16(4,5)25)14(23)24-13-11(21)9(19)8(18)10(20)12(13)22/h25H,7H2,1-6H3. The van der Waals surface area contributed by atoms with Gasteiger partial charge in [-0.1, -0.05) is 34.6 Å². The van der Waals surface area contributed by atoms with Crippen molar-refractivity contribution in [1.29, 1.82) is 0 Å². The molecule has 0 aliphatic heterocycles. The summed E-state index contributed by atoms with van der Waals surface area (Å²) < 4.78 is 71.2. The number of halogens is 5. The molecule has 0 aliphatic rings. The first kappa shape index (κ1) is 21.7. The molecule has 25 heavy (non-hydrogen) atoms. The zero-order valence-electron chi connectivity index (χ0n) is 14.9. The number of hydrogen-bond acceptors (Lipinski definition) is 3. The van der Waals surface area contributed by atoms with Crippen molar-refractivity contribution in [3.05, 3.63) is 29.1 Å². The number of ether oxygens (including phenoxy) is 1. The highest BCUT2D eigenvalue weighted by Crippen LogP contribution is 2.47. The Hall–Kier alpha value is -1.31. The van der Waals surface area contributed by atoms with Crippen molar-refractivity contribution in [2.24, 2.45) is 10.8 Å². The lowest BCUT2D eigenvalue weighted by atomic mass is 9.64. The summed E-state index contributed by atoms with van der Waals surface area (Å²) in [4.78, 5) is 12.6. The molecule has 2 nitrogen and oxygen atoms in total. The first-order valence-electron chi connectivity index (χ1n) is 7.49. The third-order valence-corrected chi connectivity index (χ3v) is 4.41. The molecule has 142 valence electrons. The predicted octanol–water partition coefficient (Wildman–Crippen LogP) is 5.44. The Labute approximate surface area is 149 Å². The van der Waals surface area contributed by atoms with E-state index in [-0.39, 0.29) is 6.42 Å². The number of hydrogen-bond donors (Lipinski definition) is 1. The Morgan fingerprint density at radius 1 is 0.840 bits per heavy atom. The molecule has 0 fully saturated rings. The third kappa shape index (κ3) is 4.27. The lowest BCUT2D eigenvalue weighted by Crippen LogP contribution is -2.46. The highest BCUT2D eigenvalue weighted by atomic mass is 32.1. The zero-order valence-corrected chi connectivity index (χ0v) is 15.8. The fourth-order valence-corrected chi connectivity index (χ4v) is 2.70. The smallest absolute Gasteiger partial charge is 0.317 e. The van der Waals surface area contributed by atoms with Gasteiger partial charge in [0.05, 0.1) is 5.41 Å². The summed E-state index contributed by atoms with van der Waals surface area (Å²) in [6, 6.07) is 0. The van der Waals surface area contributed by atoms with Crippen LogP contribution in [-0.2, 0) is 4.79 Å². The van der Waals surface area contributed by atoms with E-state index in [1.165, 1.54) is 6.92 Å². The highest BCUT2D eigenvalue weighted by molar-refractivity contribution is 7.81. The van der Waals surface area contributed by atoms with Crippen LogP contribution in [0.15, 0.2) is 0 Å². The van der Waals surface area contributed by atoms with Crippen LogP contribution in [-0.4, -0.2) is 10.7 Å². The van der Waals surface area contributed by atoms with Gasteiger partial charge in [0.15, 0.2) is 0 Å². The first-order chi connectivity index (χ1) is 11.0. The molecule has 1 unspecified atom stereocenters. The van der Waals surface area contributed by atoms with Crippen LogP contribution in [0.4, 0.5) is 22.0 Å². The summed E-state index contributed by atoms with van der Waals surface area (Å²) in [7, 11) is 0. The van der Waals surface area contributed by atoms with Crippen molar-refractivity contribution >= 4 is 18.6 Å². The van der Waals surface area contributed by atoms with Gasteiger partial charge in [0.2, 0.25) is 34.8 Å². The van der Waals surface area contributed by atoms with Crippen LogP contribution in [0.5, 0.6) is 5.75 Å². The average molecular weight is 384 g/mol. The quantitative estimate of drug-likeness (QED) is 0.187. The van der Waals surface area contributed by atoms with Crippen LogP contribution in [0.25, 0.3) is 0 Å². The van der Waals surface area contributed by atoms with Crippen molar-refractivity contribution in [1.82, 2.24) is 0 Å². The Morgan fingerprint density at radius 2 is 1.20 bits per heavy atom. The summed E-state index contributed by atoms with van der Waals surface area (Å²) in [5.74, 6) is -13.7. The van der Waals surface area contributed by atoms with Gasteiger partial charge in [-0.2, -0.15) is 21.4 Å². The van der Waals surface area contributed by atoms with Gasteiger partial charge in [-0.15, -0.1) is 0 Å². The summed E-state index contributed by atoms with van der Waals surface area (Å²) in [6.07, 6.45) is 0.140. The molecular weight excluding hydrogens is 363 g/mol. The van der Waals surface area contributed by atoms with E-state index in [1.807, 2.05) is 0 Å². The van der Waals surface area contributed by atoms with Crippen LogP contribution >= 0.6 is 12.6 Å². The van der Waals surface area contributed by atoms with Crippen molar-refractivity contribution in [3.63, 3.8) is 0 Å². The van der Waals surface area contributed by atoms with E-state index in [2.05, 4.69) is 17.4 Å². The number of rotatable bonds is 4. The van der Waals surface area contributed by atoms with E-state index in [1.54, 1.807) is 34.6 Å². The highest BCUT2D eigenvalue weighted by Gasteiger charge is 2.49. The Bertz CT molecular complexity index is 663. The van der Waals surface area contributed by atoms with Crippen molar-refractivity contribution in [2.75, 3.05) is 0 Å². The molecule has 1 aromatic rings. The second-order valence-corrected chi connectivity index (χ2v) is 9.07. The molecule has 0 amide bonds. The molecule has 0 saturated carbocycles. The van der Waals surface area contributed by atoms with E-state index in [9.17, 15) is 26.7 Å². The molecule has 1 aromatic carbocycles. The fraction of sp³-hybridized carbons (Fsp3) is 0.588. The van der Waals surface area contributed by atoms with Gasteiger partial charge in [0.1, 0.15) is 0 Å². The maximum atomic E-state index is 13.8. The number of carbonyl (C=O) groups excluding carboxylic acids is 1. The maximum absolute atomic E-state index is 13.8. The molecule has 0 spiro atoms. The van der Waals surface area contributed by atoms with Gasteiger partial charge in [0, 0.05) is 4.75 Å². The largest absolute Gasteiger partial charge is 0.420 e. The molecule has 1 atom stereocenters. The first-order valence-corrected chi connectivity index (χ1v) is 7.94. The van der Waals surface area contributed by atoms with E-state index in [0.717, 1.165) is 0 Å². The molecule has 0 aromatic heterocycles. The summed E-state index contributed by atoms with van der Waals surface area (Å²) in [6.45, 7) is 10.1. The number of carbonyl (C=O) groups is 1. The SMILES string of the molecule is CC(C)(S)CC(C)(C(=O)Oc1c(F)c(F)c(F)c(F)c1F)C(C)(C)C. The molecule has 0 aliphatic carbocycles.